The predicted octanol–water partition coefficient (Wildman–Crippen LogP) is 13.1. The molecule has 10 aromatic rings. The molecule has 56 heavy (non-hydrogen) atoms. The molecule has 0 fully saturated rings. The highest BCUT2D eigenvalue weighted by Gasteiger charge is 2.36. The number of rotatable bonds is 5. The van der Waals surface area contributed by atoms with Crippen molar-refractivity contribution in [3.63, 3.8) is 0 Å². The summed E-state index contributed by atoms with van der Waals surface area (Å²) in [5.41, 5.74) is 15.8. The molecule has 0 spiro atoms. The summed E-state index contributed by atoms with van der Waals surface area (Å²) >= 11 is 0. The van der Waals surface area contributed by atoms with Crippen LogP contribution in [0.25, 0.3) is 94.4 Å². The molecule has 4 heteroatoms. The average molecular weight is 717 g/mol. The third kappa shape index (κ3) is 4.89. The molecule has 3 heterocycles. The van der Waals surface area contributed by atoms with Gasteiger partial charge in [-0.1, -0.05) is 129 Å². The lowest BCUT2D eigenvalue weighted by molar-refractivity contribution is 0.661. The van der Waals surface area contributed by atoms with E-state index in [1.807, 2.05) is 30.6 Å². The van der Waals surface area contributed by atoms with Gasteiger partial charge in [-0.2, -0.15) is 0 Å². The van der Waals surface area contributed by atoms with E-state index < -0.39 is 0 Å². The molecular weight excluding hydrogens is 681 g/mol. The van der Waals surface area contributed by atoms with Crippen LogP contribution in [0, 0.1) is 0 Å². The smallest absolute Gasteiger partial charge is 0.145 e. The number of hydrogen-bond acceptors (Lipinski definition) is 3. The predicted molar refractivity (Wildman–Crippen MR) is 231 cm³/mol. The first-order valence-electron chi connectivity index (χ1n) is 19.2. The molecule has 4 nitrogen and oxygen atoms in total. The third-order valence-corrected chi connectivity index (χ3v) is 11.7. The van der Waals surface area contributed by atoms with Gasteiger partial charge in [0.1, 0.15) is 5.82 Å². The molecule has 0 bridgehead atoms. The maximum Gasteiger partial charge on any atom is 0.145 e. The van der Waals surface area contributed by atoms with Crippen molar-refractivity contribution in [1.82, 2.24) is 19.5 Å². The van der Waals surface area contributed by atoms with Crippen LogP contribution in [0.15, 0.2) is 182 Å². The van der Waals surface area contributed by atoms with Crippen LogP contribution in [-0.2, 0) is 5.41 Å². The second-order valence-corrected chi connectivity index (χ2v) is 15.2. The number of fused-ring (bicyclic) bond motifs is 6. The number of hydrogen-bond donors (Lipinski definition) is 0. The lowest BCUT2D eigenvalue weighted by Gasteiger charge is -2.24. The maximum atomic E-state index is 5.16. The molecule has 0 aliphatic heterocycles. The van der Waals surface area contributed by atoms with Crippen molar-refractivity contribution in [3.05, 3.63) is 193 Å². The first kappa shape index (κ1) is 32.3. The molecule has 1 aliphatic rings. The zero-order chi connectivity index (χ0) is 37.4. The minimum absolute atomic E-state index is 0.143. The summed E-state index contributed by atoms with van der Waals surface area (Å²) in [4.78, 5) is 14.7. The van der Waals surface area contributed by atoms with Crippen LogP contribution in [0.1, 0.15) is 25.0 Å². The molecule has 11 rings (SSSR count). The second kappa shape index (κ2) is 12.4. The highest BCUT2D eigenvalue weighted by atomic mass is 15.1. The zero-order valence-corrected chi connectivity index (χ0v) is 31.1. The Morgan fingerprint density at radius 3 is 1.88 bits per heavy atom. The summed E-state index contributed by atoms with van der Waals surface area (Å²) in [6.45, 7) is 4.72. The first-order chi connectivity index (χ1) is 27.5. The fourth-order valence-corrected chi connectivity index (χ4v) is 9.04. The number of pyridine rings is 2. The van der Waals surface area contributed by atoms with Gasteiger partial charge in [-0.05, 0) is 115 Å². The lowest BCUT2D eigenvalue weighted by atomic mass is 9.79. The van der Waals surface area contributed by atoms with Crippen molar-refractivity contribution in [3.8, 4) is 61.8 Å². The minimum Gasteiger partial charge on any atom is -0.292 e. The Morgan fingerprint density at radius 2 is 1.11 bits per heavy atom. The normalized spacial score (nSPS) is 13.0. The molecule has 0 atom stereocenters. The molecule has 0 unspecified atom stereocenters. The van der Waals surface area contributed by atoms with Gasteiger partial charge < -0.3 is 0 Å². The van der Waals surface area contributed by atoms with Crippen LogP contribution < -0.4 is 0 Å². The van der Waals surface area contributed by atoms with Gasteiger partial charge in [-0.3, -0.25) is 14.5 Å². The zero-order valence-electron chi connectivity index (χ0n) is 31.1. The van der Waals surface area contributed by atoms with Crippen LogP contribution in [0.2, 0.25) is 0 Å². The monoisotopic (exact) mass is 716 g/mol. The Morgan fingerprint density at radius 1 is 0.464 bits per heavy atom. The summed E-state index contributed by atoms with van der Waals surface area (Å²) in [5, 5.41) is 4.85. The summed E-state index contributed by atoms with van der Waals surface area (Å²) in [5.74, 6) is 0.924. The van der Waals surface area contributed by atoms with Gasteiger partial charge in [0.25, 0.3) is 0 Å². The highest BCUT2D eigenvalue weighted by Crippen LogP contribution is 2.53. The third-order valence-electron chi connectivity index (χ3n) is 11.7. The Balaban J connectivity index is 1.15. The van der Waals surface area contributed by atoms with Gasteiger partial charge in [0.2, 0.25) is 0 Å². The van der Waals surface area contributed by atoms with E-state index in [0.717, 1.165) is 45.1 Å². The summed E-state index contributed by atoms with van der Waals surface area (Å²) in [6.07, 6.45) is 3.83. The van der Waals surface area contributed by atoms with Gasteiger partial charge in [0.15, 0.2) is 0 Å². The van der Waals surface area contributed by atoms with Gasteiger partial charge >= 0.3 is 0 Å². The number of para-hydroxylation sites is 3. The summed E-state index contributed by atoms with van der Waals surface area (Å²) in [6, 6.07) is 60.8. The standard InChI is InChI=1S/C52H36N4/c1-52(2)43-19-9-8-16-37(43)40-30-41-42(31-44(40)52)49(38-17-6-7-18-39(38)50(41)35-27-28-46(54-32-35)45-20-12-13-29-53-45)33-23-25-34(26-24-33)51-55-47-21-10-11-22-48(47)56(51)36-14-4-3-5-15-36/h3-32H,1-2H3. The van der Waals surface area contributed by atoms with Crippen LogP contribution in [-0.4, -0.2) is 19.5 Å². The Hall–Kier alpha value is -7.17. The molecule has 264 valence electrons. The Labute approximate surface area is 325 Å². The molecular formula is C52H36N4. The summed E-state index contributed by atoms with van der Waals surface area (Å²) in [7, 11) is 0. The average Bonchev–Trinajstić information content (AvgIpc) is 3.75. The second-order valence-electron chi connectivity index (χ2n) is 15.2. The number of nitrogens with zero attached hydrogens (tertiary/aromatic N) is 4. The van der Waals surface area contributed by atoms with Crippen molar-refractivity contribution >= 4 is 32.6 Å². The molecule has 0 amide bonds. The van der Waals surface area contributed by atoms with Crippen molar-refractivity contribution in [2.24, 2.45) is 0 Å². The van der Waals surface area contributed by atoms with Crippen molar-refractivity contribution in [2.45, 2.75) is 19.3 Å². The molecule has 1 aliphatic carbocycles. The van der Waals surface area contributed by atoms with Crippen molar-refractivity contribution in [2.75, 3.05) is 0 Å². The highest BCUT2D eigenvalue weighted by molar-refractivity contribution is 6.22. The molecule has 0 saturated carbocycles. The summed E-state index contributed by atoms with van der Waals surface area (Å²) < 4.78 is 2.26. The van der Waals surface area contributed by atoms with Crippen molar-refractivity contribution in [1.29, 1.82) is 0 Å². The fourth-order valence-electron chi connectivity index (χ4n) is 9.04. The van der Waals surface area contributed by atoms with E-state index in [4.69, 9.17) is 9.97 Å². The van der Waals surface area contributed by atoms with E-state index in [2.05, 4.69) is 175 Å². The number of benzene rings is 7. The molecule has 0 radical (unpaired) electrons. The maximum absolute atomic E-state index is 5.16. The van der Waals surface area contributed by atoms with Crippen LogP contribution >= 0.6 is 0 Å². The number of aromatic nitrogens is 4. The lowest BCUT2D eigenvalue weighted by Crippen LogP contribution is -2.14. The van der Waals surface area contributed by atoms with Gasteiger partial charge in [0.05, 0.1) is 22.4 Å². The molecule has 0 N–H and O–H groups in total. The van der Waals surface area contributed by atoms with Gasteiger partial charge in [-0.25, -0.2) is 4.98 Å². The topological polar surface area (TPSA) is 43.6 Å². The Bertz CT molecular complexity index is 3120. The van der Waals surface area contributed by atoms with E-state index in [9.17, 15) is 0 Å². The van der Waals surface area contributed by atoms with Crippen LogP contribution in [0.3, 0.4) is 0 Å². The van der Waals surface area contributed by atoms with Gasteiger partial charge in [0, 0.05) is 34.6 Å². The molecule has 7 aromatic carbocycles. The molecule has 0 saturated heterocycles. The largest absolute Gasteiger partial charge is 0.292 e. The van der Waals surface area contributed by atoms with Crippen LogP contribution in [0.5, 0.6) is 0 Å². The SMILES string of the molecule is CC1(C)c2ccccc2-c2cc3c(-c4ccc(-c5ccccn5)nc4)c4ccccc4c(-c4ccc(-c5nc6ccccc6n5-c5ccccc5)cc4)c3cc21. The minimum atomic E-state index is -0.143. The van der Waals surface area contributed by atoms with E-state index >= 15 is 0 Å². The van der Waals surface area contributed by atoms with E-state index in [1.165, 1.54) is 60.5 Å². The van der Waals surface area contributed by atoms with E-state index in [-0.39, 0.29) is 5.41 Å². The van der Waals surface area contributed by atoms with Crippen LogP contribution in [0.4, 0.5) is 0 Å². The van der Waals surface area contributed by atoms with Gasteiger partial charge in [-0.15, -0.1) is 0 Å². The fraction of sp³-hybridized carbons (Fsp3) is 0.0577. The Kier molecular flexibility index (Phi) is 7.17. The van der Waals surface area contributed by atoms with E-state index in [0.29, 0.717) is 0 Å². The molecule has 3 aromatic heterocycles. The van der Waals surface area contributed by atoms with E-state index in [1.54, 1.807) is 0 Å². The first-order valence-corrected chi connectivity index (χ1v) is 19.2. The number of imidazole rings is 1. The van der Waals surface area contributed by atoms with Crippen molar-refractivity contribution < 1.29 is 0 Å². The quantitative estimate of drug-likeness (QED) is 0.167.